The molecular weight excluding hydrogens is 232 g/mol. The van der Waals surface area contributed by atoms with Gasteiger partial charge in [-0.2, -0.15) is 0 Å². The Morgan fingerprint density at radius 1 is 1.16 bits per heavy atom. The molecule has 2 nitrogen and oxygen atoms in total. The average Bonchev–Trinajstić information content (AvgIpc) is 2.71. The largest absolute Gasteiger partial charge is 0.342 e. The van der Waals surface area contributed by atoms with Crippen molar-refractivity contribution in [1.29, 1.82) is 0 Å². The van der Waals surface area contributed by atoms with Gasteiger partial charge in [-0.05, 0) is 44.5 Å². The van der Waals surface area contributed by atoms with Crippen molar-refractivity contribution in [3.63, 3.8) is 0 Å². The third-order valence-corrected chi connectivity index (χ3v) is 3.82. The maximum absolute atomic E-state index is 3.41. The molecule has 0 saturated heterocycles. The SMILES string of the molecule is CCNCc1cc(C)n(C(C)c2ccccc2)c1C. The first-order chi connectivity index (χ1) is 9.15. The van der Waals surface area contributed by atoms with Crippen molar-refractivity contribution in [3.8, 4) is 0 Å². The summed E-state index contributed by atoms with van der Waals surface area (Å²) >= 11 is 0. The fourth-order valence-corrected chi connectivity index (χ4v) is 2.76. The lowest BCUT2D eigenvalue weighted by Gasteiger charge is -2.19. The molecule has 1 aromatic carbocycles. The minimum absolute atomic E-state index is 0.386. The van der Waals surface area contributed by atoms with Crippen molar-refractivity contribution in [3.05, 3.63) is 58.9 Å². The quantitative estimate of drug-likeness (QED) is 0.860. The Hall–Kier alpha value is -1.54. The Morgan fingerprint density at radius 2 is 1.84 bits per heavy atom. The molecule has 19 heavy (non-hydrogen) atoms. The maximum atomic E-state index is 3.41. The van der Waals surface area contributed by atoms with E-state index >= 15 is 0 Å². The van der Waals surface area contributed by atoms with E-state index in [0.29, 0.717) is 6.04 Å². The number of hydrogen-bond acceptors (Lipinski definition) is 1. The van der Waals surface area contributed by atoms with Crippen LogP contribution in [0.2, 0.25) is 0 Å². The van der Waals surface area contributed by atoms with Crippen LogP contribution in [-0.4, -0.2) is 11.1 Å². The fraction of sp³-hybridized carbons (Fsp3) is 0.412. The zero-order valence-electron chi connectivity index (χ0n) is 12.4. The molecule has 0 spiro atoms. The maximum Gasteiger partial charge on any atom is 0.0556 e. The predicted molar refractivity (Wildman–Crippen MR) is 81.5 cm³/mol. The second-order valence-electron chi connectivity index (χ2n) is 5.13. The van der Waals surface area contributed by atoms with Gasteiger partial charge in [0.15, 0.2) is 0 Å². The number of hydrogen-bond donors (Lipinski definition) is 1. The second-order valence-corrected chi connectivity index (χ2v) is 5.13. The molecule has 0 saturated carbocycles. The van der Waals surface area contributed by atoms with Crippen LogP contribution < -0.4 is 5.32 Å². The summed E-state index contributed by atoms with van der Waals surface area (Å²) in [5, 5.41) is 3.41. The number of nitrogens with one attached hydrogen (secondary N) is 1. The Bertz CT molecular complexity index is 526. The highest BCUT2D eigenvalue weighted by Gasteiger charge is 2.14. The zero-order chi connectivity index (χ0) is 13.8. The van der Waals surface area contributed by atoms with Crippen LogP contribution in [0.1, 0.15) is 42.4 Å². The summed E-state index contributed by atoms with van der Waals surface area (Å²) in [5.74, 6) is 0. The molecule has 0 aliphatic carbocycles. The Kier molecular flexibility index (Phi) is 4.43. The highest BCUT2D eigenvalue weighted by Crippen LogP contribution is 2.25. The van der Waals surface area contributed by atoms with Crippen molar-refractivity contribution in [2.24, 2.45) is 0 Å². The molecule has 0 radical (unpaired) electrons. The second kappa shape index (κ2) is 6.07. The summed E-state index contributed by atoms with van der Waals surface area (Å²) in [6, 6.07) is 13.4. The average molecular weight is 256 g/mol. The van der Waals surface area contributed by atoms with Crippen molar-refractivity contribution in [2.45, 2.75) is 40.3 Å². The van der Waals surface area contributed by atoms with E-state index in [2.05, 4.69) is 74.0 Å². The van der Waals surface area contributed by atoms with Gasteiger partial charge in [0.2, 0.25) is 0 Å². The fourth-order valence-electron chi connectivity index (χ4n) is 2.76. The van der Waals surface area contributed by atoms with Crippen LogP contribution >= 0.6 is 0 Å². The van der Waals surface area contributed by atoms with E-state index in [0.717, 1.165) is 13.1 Å². The van der Waals surface area contributed by atoms with E-state index < -0.39 is 0 Å². The summed E-state index contributed by atoms with van der Waals surface area (Å²) in [5.41, 5.74) is 5.47. The Balaban J connectivity index is 2.32. The molecule has 1 N–H and O–H groups in total. The van der Waals surface area contributed by atoms with Gasteiger partial charge in [-0.15, -0.1) is 0 Å². The zero-order valence-corrected chi connectivity index (χ0v) is 12.4. The van der Waals surface area contributed by atoms with Gasteiger partial charge in [-0.3, -0.25) is 0 Å². The third kappa shape index (κ3) is 2.90. The van der Waals surface area contributed by atoms with Crippen molar-refractivity contribution in [1.82, 2.24) is 9.88 Å². The van der Waals surface area contributed by atoms with E-state index in [1.165, 1.54) is 22.5 Å². The predicted octanol–water partition coefficient (Wildman–Crippen LogP) is 3.82. The van der Waals surface area contributed by atoms with E-state index in [9.17, 15) is 0 Å². The lowest BCUT2D eigenvalue weighted by molar-refractivity contribution is 0.605. The van der Waals surface area contributed by atoms with Crippen LogP contribution in [0.3, 0.4) is 0 Å². The van der Waals surface area contributed by atoms with Crippen LogP contribution in [0.5, 0.6) is 0 Å². The van der Waals surface area contributed by atoms with Gasteiger partial charge in [0, 0.05) is 17.9 Å². The monoisotopic (exact) mass is 256 g/mol. The summed E-state index contributed by atoms with van der Waals surface area (Å²) in [4.78, 5) is 0. The van der Waals surface area contributed by atoms with Crippen LogP contribution in [0.25, 0.3) is 0 Å². The molecule has 2 rings (SSSR count). The van der Waals surface area contributed by atoms with Gasteiger partial charge in [-0.1, -0.05) is 37.3 Å². The van der Waals surface area contributed by atoms with Gasteiger partial charge in [0.05, 0.1) is 6.04 Å². The normalized spacial score (nSPS) is 12.6. The number of aromatic nitrogens is 1. The molecule has 0 aliphatic rings. The van der Waals surface area contributed by atoms with Crippen molar-refractivity contribution >= 4 is 0 Å². The molecule has 0 bridgehead atoms. The van der Waals surface area contributed by atoms with Crippen LogP contribution in [-0.2, 0) is 6.54 Å². The van der Waals surface area contributed by atoms with Crippen LogP contribution in [0.4, 0.5) is 0 Å². The first-order valence-electron chi connectivity index (χ1n) is 7.08. The molecule has 1 heterocycles. The standard InChI is InChI=1S/C17H24N2/c1-5-18-12-17-11-13(2)19(15(17)4)14(3)16-9-7-6-8-10-16/h6-11,14,18H,5,12H2,1-4H3. The van der Waals surface area contributed by atoms with E-state index in [1.54, 1.807) is 0 Å². The van der Waals surface area contributed by atoms with Crippen LogP contribution in [0.15, 0.2) is 36.4 Å². The summed E-state index contributed by atoms with van der Waals surface area (Å²) in [6.07, 6.45) is 0. The molecule has 0 amide bonds. The first kappa shape index (κ1) is 13.9. The highest BCUT2D eigenvalue weighted by molar-refractivity contribution is 5.30. The number of aryl methyl sites for hydroxylation is 1. The van der Waals surface area contributed by atoms with Crippen LogP contribution in [0, 0.1) is 13.8 Å². The Labute approximate surface area is 116 Å². The van der Waals surface area contributed by atoms with E-state index in [-0.39, 0.29) is 0 Å². The summed E-state index contributed by atoms with van der Waals surface area (Å²) in [7, 11) is 0. The molecule has 0 aliphatic heterocycles. The first-order valence-corrected chi connectivity index (χ1v) is 7.08. The molecule has 0 fully saturated rings. The minimum atomic E-state index is 0.386. The molecule has 2 aromatic rings. The van der Waals surface area contributed by atoms with Gasteiger partial charge in [0.1, 0.15) is 0 Å². The van der Waals surface area contributed by atoms with Crippen molar-refractivity contribution < 1.29 is 0 Å². The molecule has 2 heteroatoms. The van der Waals surface area contributed by atoms with Gasteiger partial charge in [0.25, 0.3) is 0 Å². The summed E-state index contributed by atoms with van der Waals surface area (Å²) in [6.45, 7) is 10.8. The van der Waals surface area contributed by atoms with Gasteiger partial charge >= 0.3 is 0 Å². The minimum Gasteiger partial charge on any atom is -0.342 e. The molecule has 1 unspecified atom stereocenters. The Morgan fingerprint density at radius 3 is 2.47 bits per heavy atom. The number of rotatable bonds is 5. The lowest BCUT2D eigenvalue weighted by Crippen LogP contribution is -2.14. The smallest absolute Gasteiger partial charge is 0.0556 e. The highest BCUT2D eigenvalue weighted by atomic mass is 15.0. The third-order valence-electron chi connectivity index (χ3n) is 3.82. The molecule has 1 atom stereocenters. The number of benzene rings is 1. The molecule has 102 valence electrons. The summed E-state index contributed by atoms with van der Waals surface area (Å²) < 4.78 is 2.43. The van der Waals surface area contributed by atoms with Crippen molar-refractivity contribution in [2.75, 3.05) is 6.54 Å². The number of nitrogens with zero attached hydrogens (tertiary/aromatic N) is 1. The van der Waals surface area contributed by atoms with E-state index in [1.807, 2.05) is 0 Å². The lowest BCUT2D eigenvalue weighted by atomic mass is 10.1. The van der Waals surface area contributed by atoms with Gasteiger partial charge < -0.3 is 9.88 Å². The topological polar surface area (TPSA) is 17.0 Å². The van der Waals surface area contributed by atoms with E-state index in [4.69, 9.17) is 0 Å². The van der Waals surface area contributed by atoms with Gasteiger partial charge in [-0.25, -0.2) is 0 Å². The molecule has 1 aromatic heterocycles. The molecular formula is C17H24N2.